The monoisotopic (exact) mass is 461 g/mol. The Bertz CT molecular complexity index is 875. The first-order chi connectivity index (χ1) is 15.6. The zero-order valence-electron chi connectivity index (χ0n) is 20.5. The van der Waals surface area contributed by atoms with E-state index in [0.29, 0.717) is 30.1 Å². The molecule has 5 rings (SSSR count). The molecule has 0 unspecified atom stereocenters. The molecule has 1 saturated heterocycles. The zero-order valence-corrected chi connectivity index (χ0v) is 20.5. The van der Waals surface area contributed by atoms with Crippen molar-refractivity contribution < 1.29 is 28.6 Å². The molecule has 5 fully saturated rings. The van der Waals surface area contributed by atoms with Crippen LogP contribution in [0.2, 0.25) is 0 Å². The van der Waals surface area contributed by atoms with Crippen molar-refractivity contribution in [1.29, 1.82) is 0 Å². The number of epoxide rings is 1. The van der Waals surface area contributed by atoms with Crippen molar-refractivity contribution in [1.82, 2.24) is 0 Å². The first-order valence-corrected chi connectivity index (χ1v) is 12.9. The minimum atomic E-state index is -1.62. The third-order valence-electron chi connectivity index (χ3n) is 10.8. The molecule has 1 spiro atoms. The third-order valence-corrected chi connectivity index (χ3v) is 10.8. The molecule has 5 aliphatic rings. The summed E-state index contributed by atoms with van der Waals surface area (Å²) in [7, 11) is 0. The number of rotatable bonds is 4. The number of carbonyl (C=O) groups is 3. The molecule has 1 heterocycles. The van der Waals surface area contributed by atoms with Gasteiger partial charge < -0.3 is 19.9 Å². The maximum Gasteiger partial charge on any atom is 0.351 e. The highest BCUT2D eigenvalue weighted by atomic mass is 16.7. The molecular weight excluding hydrogens is 422 g/mol. The van der Waals surface area contributed by atoms with Crippen LogP contribution in [0.4, 0.5) is 0 Å². The number of ether oxygens (including phenoxy) is 3. The van der Waals surface area contributed by atoms with Gasteiger partial charge in [-0.2, -0.15) is 0 Å². The van der Waals surface area contributed by atoms with Crippen LogP contribution >= 0.6 is 0 Å². The Hall–Kier alpha value is -1.63. The van der Waals surface area contributed by atoms with Crippen LogP contribution in [0, 0.1) is 34.5 Å². The standard InChI is InChI=1S/C26H39NO6/c1-5-31-22(30)26(21(27)29)25(33-26)13-10-20-18-7-6-16-14-17(32-15(2)28)8-11-23(16,3)19(18)9-12-24(20,25)4/h16-20H,5-14H2,1-4H3,(H2,27,29)/t16-,17-,18-,19-,20-,23+,24+,25-,26-/m1/s1. The Labute approximate surface area is 196 Å². The van der Waals surface area contributed by atoms with E-state index in [0.717, 1.165) is 51.4 Å². The summed E-state index contributed by atoms with van der Waals surface area (Å²) < 4.78 is 17.0. The van der Waals surface area contributed by atoms with Crippen molar-refractivity contribution in [3.8, 4) is 0 Å². The van der Waals surface area contributed by atoms with Gasteiger partial charge in [-0.15, -0.1) is 0 Å². The van der Waals surface area contributed by atoms with E-state index < -0.39 is 23.1 Å². The number of fused-ring (bicyclic) bond motifs is 6. The molecule has 7 heteroatoms. The molecule has 0 aromatic heterocycles. The van der Waals surface area contributed by atoms with Crippen LogP contribution in [0.1, 0.15) is 85.5 Å². The largest absolute Gasteiger partial charge is 0.463 e. The quantitative estimate of drug-likeness (QED) is 0.390. The van der Waals surface area contributed by atoms with Gasteiger partial charge in [0, 0.05) is 12.3 Å². The second kappa shape index (κ2) is 7.43. The van der Waals surface area contributed by atoms with Crippen LogP contribution in [0.3, 0.4) is 0 Å². The number of hydrogen-bond donors (Lipinski definition) is 1. The second-order valence-electron chi connectivity index (χ2n) is 11.9. The smallest absolute Gasteiger partial charge is 0.351 e. The van der Waals surface area contributed by atoms with Gasteiger partial charge in [-0.25, -0.2) is 4.79 Å². The van der Waals surface area contributed by atoms with E-state index in [4.69, 9.17) is 19.9 Å². The van der Waals surface area contributed by atoms with Crippen LogP contribution < -0.4 is 5.73 Å². The van der Waals surface area contributed by atoms with E-state index >= 15 is 0 Å². The predicted octanol–water partition coefficient (Wildman–Crippen LogP) is 3.52. The lowest BCUT2D eigenvalue weighted by atomic mass is 9.44. The van der Waals surface area contributed by atoms with E-state index in [1.807, 2.05) is 0 Å². The summed E-state index contributed by atoms with van der Waals surface area (Å²) in [5, 5.41) is 0. The van der Waals surface area contributed by atoms with Crippen molar-refractivity contribution in [2.75, 3.05) is 6.61 Å². The number of hydrogen-bond acceptors (Lipinski definition) is 6. The van der Waals surface area contributed by atoms with Gasteiger partial charge in [-0.05, 0) is 93.8 Å². The van der Waals surface area contributed by atoms with Gasteiger partial charge in [0.2, 0.25) is 0 Å². The van der Waals surface area contributed by atoms with Gasteiger partial charge in [0.05, 0.1) is 6.61 Å². The van der Waals surface area contributed by atoms with Crippen molar-refractivity contribution in [2.45, 2.75) is 103 Å². The number of amides is 1. The lowest BCUT2D eigenvalue weighted by molar-refractivity contribution is -0.160. The maximum absolute atomic E-state index is 12.9. The summed E-state index contributed by atoms with van der Waals surface area (Å²) in [5.74, 6) is 0.684. The molecule has 0 radical (unpaired) electrons. The van der Waals surface area contributed by atoms with Gasteiger partial charge in [0.15, 0.2) is 0 Å². The van der Waals surface area contributed by atoms with Crippen molar-refractivity contribution in [3.63, 3.8) is 0 Å². The molecule has 4 aliphatic carbocycles. The highest BCUT2D eigenvalue weighted by molar-refractivity contribution is 6.10. The highest BCUT2D eigenvalue weighted by Crippen LogP contribution is 2.76. The van der Waals surface area contributed by atoms with Gasteiger partial charge in [-0.1, -0.05) is 13.8 Å². The number of esters is 2. The van der Waals surface area contributed by atoms with Crippen molar-refractivity contribution >= 4 is 17.8 Å². The van der Waals surface area contributed by atoms with Gasteiger partial charge >= 0.3 is 11.9 Å². The summed E-state index contributed by atoms with van der Waals surface area (Å²) in [6.07, 6.45) is 9.02. The first kappa shape index (κ1) is 23.1. The van der Waals surface area contributed by atoms with E-state index in [1.54, 1.807) is 6.92 Å². The molecular formula is C26H39NO6. The van der Waals surface area contributed by atoms with Gasteiger partial charge in [0.1, 0.15) is 11.7 Å². The minimum Gasteiger partial charge on any atom is -0.463 e. The molecule has 0 bridgehead atoms. The van der Waals surface area contributed by atoms with Crippen LogP contribution in [0.15, 0.2) is 0 Å². The molecule has 4 saturated carbocycles. The van der Waals surface area contributed by atoms with E-state index in [-0.39, 0.29) is 29.5 Å². The fourth-order valence-corrected chi connectivity index (χ4v) is 9.33. The zero-order chi connectivity index (χ0) is 23.8. The summed E-state index contributed by atoms with van der Waals surface area (Å²) in [5.41, 5.74) is 3.34. The molecule has 0 aromatic rings. The van der Waals surface area contributed by atoms with Crippen molar-refractivity contribution in [3.05, 3.63) is 0 Å². The average Bonchev–Trinajstić information content (AvgIpc) is 3.36. The van der Waals surface area contributed by atoms with Crippen LogP contribution in [0.25, 0.3) is 0 Å². The fraction of sp³-hybridized carbons (Fsp3) is 0.885. The summed E-state index contributed by atoms with van der Waals surface area (Å²) in [4.78, 5) is 37.0. The van der Waals surface area contributed by atoms with E-state index in [9.17, 15) is 14.4 Å². The topological polar surface area (TPSA) is 108 Å². The molecule has 1 aliphatic heterocycles. The van der Waals surface area contributed by atoms with Crippen LogP contribution in [-0.4, -0.2) is 41.8 Å². The Morgan fingerprint density at radius 2 is 1.73 bits per heavy atom. The number of primary amides is 1. The van der Waals surface area contributed by atoms with E-state index in [2.05, 4.69) is 13.8 Å². The molecule has 2 N–H and O–H groups in total. The van der Waals surface area contributed by atoms with Crippen LogP contribution in [0.5, 0.6) is 0 Å². The molecule has 184 valence electrons. The SMILES string of the molecule is CCOC(=O)[C@@]1(C(N)=O)O[C@@]12CC[C@@H]1[C@@H]3CC[C@@H]4C[C@H](OC(C)=O)CC[C@]4(C)[C@@H]3CC[C@@]12C. The number of carbonyl (C=O) groups excluding carboxylic acids is 3. The lowest BCUT2D eigenvalue weighted by Gasteiger charge is -2.60. The van der Waals surface area contributed by atoms with E-state index in [1.165, 1.54) is 6.92 Å². The van der Waals surface area contributed by atoms with Crippen LogP contribution in [-0.2, 0) is 28.6 Å². The number of nitrogens with two attached hydrogens (primary N) is 1. The highest BCUT2D eigenvalue weighted by Gasteiger charge is 2.88. The fourth-order valence-electron chi connectivity index (χ4n) is 9.33. The lowest BCUT2D eigenvalue weighted by Crippen LogP contribution is -2.57. The van der Waals surface area contributed by atoms with Crippen molar-refractivity contribution in [2.24, 2.45) is 40.2 Å². The summed E-state index contributed by atoms with van der Waals surface area (Å²) >= 11 is 0. The van der Waals surface area contributed by atoms with Gasteiger partial charge in [0.25, 0.3) is 11.5 Å². The first-order valence-electron chi connectivity index (χ1n) is 12.9. The molecule has 7 nitrogen and oxygen atoms in total. The second-order valence-corrected chi connectivity index (χ2v) is 11.9. The average molecular weight is 462 g/mol. The predicted molar refractivity (Wildman–Crippen MR) is 120 cm³/mol. The Morgan fingerprint density at radius 1 is 1.00 bits per heavy atom. The maximum atomic E-state index is 12.9. The normalized spacial score (nSPS) is 50.0. The Balaban J connectivity index is 1.39. The Kier molecular flexibility index (Phi) is 5.21. The minimum absolute atomic E-state index is 0.0568. The summed E-state index contributed by atoms with van der Waals surface area (Å²) in [6.45, 7) is 8.14. The molecule has 33 heavy (non-hydrogen) atoms. The molecule has 0 aromatic carbocycles. The summed E-state index contributed by atoms with van der Waals surface area (Å²) in [6, 6.07) is 0. The molecule has 1 amide bonds. The molecule has 9 atom stereocenters. The Morgan fingerprint density at radius 3 is 2.39 bits per heavy atom. The van der Waals surface area contributed by atoms with Gasteiger partial charge in [-0.3, -0.25) is 9.59 Å². The third kappa shape index (κ3) is 2.86.